The molecule has 0 aliphatic heterocycles. The largest absolute Gasteiger partial charge is 0.349 e. The fourth-order valence-corrected chi connectivity index (χ4v) is 2.86. The van der Waals surface area contributed by atoms with Crippen LogP contribution in [0.25, 0.3) is 0 Å². The van der Waals surface area contributed by atoms with Crippen LogP contribution in [-0.4, -0.2) is 11.9 Å². The van der Waals surface area contributed by atoms with Gasteiger partial charge in [-0.25, -0.2) is 0 Å². The predicted molar refractivity (Wildman–Crippen MR) is 76.1 cm³/mol. The normalized spacial score (nSPS) is 12.1. The van der Waals surface area contributed by atoms with Gasteiger partial charge in [0.05, 0.1) is 0 Å². The number of nitrogens with one attached hydrogen (secondary N) is 1. The summed E-state index contributed by atoms with van der Waals surface area (Å²) < 4.78 is 0. The lowest BCUT2D eigenvalue weighted by atomic mass is 10.1. The van der Waals surface area contributed by atoms with Gasteiger partial charge in [-0.2, -0.15) is 0 Å². The molecule has 0 aliphatic rings. The molecule has 0 radical (unpaired) electrons. The minimum atomic E-state index is -0.00335. The first-order valence-corrected chi connectivity index (χ1v) is 6.88. The second-order valence-corrected chi connectivity index (χ2v) is 5.83. The summed E-state index contributed by atoms with van der Waals surface area (Å²) in [5.41, 5.74) is 0.715. The van der Waals surface area contributed by atoms with Crippen molar-refractivity contribution in [3.63, 3.8) is 0 Å². The predicted octanol–water partition coefficient (Wildman–Crippen LogP) is 3.42. The molecule has 1 aromatic carbocycles. The van der Waals surface area contributed by atoms with Gasteiger partial charge < -0.3 is 5.32 Å². The van der Waals surface area contributed by atoms with Gasteiger partial charge >= 0.3 is 0 Å². The van der Waals surface area contributed by atoms with E-state index in [-0.39, 0.29) is 11.9 Å². The highest BCUT2D eigenvalue weighted by atomic mass is 32.1. The van der Waals surface area contributed by atoms with Crippen molar-refractivity contribution in [1.82, 2.24) is 5.32 Å². The van der Waals surface area contributed by atoms with Crippen molar-refractivity contribution >= 4 is 17.2 Å². The topological polar surface area (TPSA) is 29.1 Å². The van der Waals surface area contributed by atoms with Crippen LogP contribution in [0, 0.1) is 6.92 Å². The van der Waals surface area contributed by atoms with Gasteiger partial charge in [0.25, 0.3) is 5.91 Å². The molecule has 2 rings (SSSR count). The van der Waals surface area contributed by atoms with Crippen molar-refractivity contribution in [2.45, 2.75) is 26.3 Å². The van der Waals surface area contributed by atoms with E-state index in [1.165, 1.54) is 9.75 Å². The van der Waals surface area contributed by atoms with Crippen LogP contribution >= 0.6 is 11.3 Å². The Morgan fingerprint density at radius 1 is 1.22 bits per heavy atom. The number of thiophene rings is 1. The summed E-state index contributed by atoms with van der Waals surface area (Å²) in [5, 5.41) is 3.02. The van der Waals surface area contributed by atoms with E-state index in [2.05, 4.69) is 24.4 Å². The van der Waals surface area contributed by atoms with Crippen molar-refractivity contribution < 1.29 is 4.79 Å². The Bertz CT molecular complexity index is 518. The summed E-state index contributed by atoms with van der Waals surface area (Å²) in [5.74, 6) is -0.00335. The van der Waals surface area contributed by atoms with E-state index >= 15 is 0 Å². The minimum absolute atomic E-state index is 0.00335. The van der Waals surface area contributed by atoms with Crippen molar-refractivity contribution in [1.29, 1.82) is 0 Å². The van der Waals surface area contributed by atoms with Gasteiger partial charge in [-0.05, 0) is 38.1 Å². The Morgan fingerprint density at radius 2 is 1.94 bits per heavy atom. The molecule has 1 unspecified atom stereocenters. The first kappa shape index (κ1) is 12.8. The summed E-state index contributed by atoms with van der Waals surface area (Å²) in [6.45, 7) is 4.14. The van der Waals surface area contributed by atoms with Crippen LogP contribution in [0.1, 0.15) is 27.0 Å². The van der Waals surface area contributed by atoms with Crippen LogP contribution in [0.2, 0.25) is 0 Å². The molecule has 18 heavy (non-hydrogen) atoms. The van der Waals surface area contributed by atoms with Crippen molar-refractivity contribution in [2.24, 2.45) is 0 Å². The number of aryl methyl sites for hydroxylation is 1. The van der Waals surface area contributed by atoms with Crippen molar-refractivity contribution in [3.05, 3.63) is 57.8 Å². The van der Waals surface area contributed by atoms with Crippen LogP contribution in [0.5, 0.6) is 0 Å². The molecule has 94 valence electrons. The Hall–Kier alpha value is -1.61. The average Bonchev–Trinajstić information content (AvgIpc) is 2.75. The maximum Gasteiger partial charge on any atom is 0.251 e. The number of rotatable bonds is 4. The van der Waals surface area contributed by atoms with Crippen LogP contribution in [0.4, 0.5) is 0 Å². The maximum atomic E-state index is 11.9. The smallest absolute Gasteiger partial charge is 0.251 e. The fraction of sp³-hybridized carbons (Fsp3) is 0.267. The first-order valence-electron chi connectivity index (χ1n) is 6.06. The molecule has 0 saturated carbocycles. The number of carbonyl (C=O) groups excluding carboxylic acids is 1. The van der Waals surface area contributed by atoms with E-state index in [0.29, 0.717) is 5.56 Å². The van der Waals surface area contributed by atoms with Gasteiger partial charge in [-0.1, -0.05) is 18.2 Å². The Balaban J connectivity index is 1.91. The highest BCUT2D eigenvalue weighted by molar-refractivity contribution is 7.11. The van der Waals surface area contributed by atoms with E-state index < -0.39 is 0 Å². The highest BCUT2D eigenvalue weighted by Gasteiger charge is 2.10. The molecule has 0 saturated heterocycles. The molecule has 1 amide bonds. The van der Waals surface area contributed by atoms with Crippen LogP contribution < -0.4 is 5.32 Å². The zero-order valence-corrected chi connectivity index (χ0v) is 11.5. The molecule has 2 aromatic rings. The summed E-state index contributed by atoms with van der Waals surface area (Å²) in [4.78, 5) is 14.6. The first-order chi connectivity index (χ1) is 8.65. The molecule has 0 fully saturated rings. The molecule has 1 atom stereocenters. The third-order valence-corrected chi connectivity index (χ3v) is 3.74. The number of carbonyl (C=O) groups is 1. The number of hydrogen-bond donors (Lipinski definition) is 1. The van der Waals surface area contributed by atoms with Gasteiger partial charge in [0, 0.05) is 27.8 Å². The standard InChI is InChI=1S/C15H17NOS/c1-11(10-14-9-8-12(2)18-14)16-15(17)13-6-4-3-5-7-13/h3-9,11H,10H2,1-2H3,(H,16,17). The highest BCUT2D eigenvalue weighted by Crippen LogP contribution is 2.16. The maximum absolute atomic E-state index is 11.9. The lowest BCUT2D eigenvalue weighted by Gasteiger charge is -2.12. The zero-order valence-electron chi connectivity index (χ0n) is 10.6. The van der Waals surface area contributed by atoms with E-state index in [1.807, 2.05) is 37.3 Å². The molecule has 2 nitrogen and oxygen atoms in total. The summed E-state index contributed by atoms with van der Waals surface area (Å²) >= 11 is 1.79. The van der Waals surface area contributed by atoms with Gasteiger partial charge in [-0.15, -0.1) is 11.3 Å². The van der Waals surface area contributed by atoms with E-state index in [9.17, 15) is 4.79 Å². The molecule has 1 aromatic heterocycles. The van der Waals surface area contributed by atoms with Gasteiger partial charge in [0.1, 0.15) is 0 Å². The summed E-state index contributed by atoms with van der Waals surface area (Å²) in [6, 6.07) is 13.7. The van der Waals surface area contributed by atoms with E-state index in [1.54, 1.807) is 11.3 Å². The molecule has 3 heteroatoms. The number of amides is 1. The Kier molecular flexibility index (Phi) is 4.15. The number of hydrogen-bond acceptors (Lipinski definition) is 2. The average molecular weight is 259 g/mol. The van der Waals surface area contributed by atoms with E-state index in [4.69, 9.17) is 0 Å². The molecule has 0 spiro atoms. The SMILES string of the molecule is Cc1ccc(CC(C)NC(=O)c2ccccc2)s1. The van der Waals surface area contributed by atoms with Crippen molar-refractivity contribution in [2.75, 3.05) is 0 Å². The van der Waals surface area contributed by atoms with Crippen LogP contribution in [-0.2, 0) is 6.42 Å². The third-order valence-electron chi connectivity index (χ3n) is 2.72. The lowest BCUT2D eigenvalue weighted by Crippen LogP contribution is -2.33. The monoisotopic (exact) mass is 259 g/mol. The molecule has 0 aliphatic carbocycles. The molecular weight excluding hydrogens is 242 g/mol. The summed E-state index contributed by atoms with van der Waals surface area (Å²) in [7, 11) is 0. The second-order valence-electron chi connectivity index (χ2n) is 4.46. The third kappa shape index (κ3) is 3.44. The van der Waals surface area contributed by atoms with E-state index in [0.717, 1.165) is 6.42 Å². The van der Waals surface area contributed by atoms with Gasteiger partial charge in [-0.3, -0.25) is 4.79 Å². The molecule has 1 heterocycles. The van der Waals surface area contributed by atoms with Crippen LogP contribution in [0.15, 0.2) is 42.5 Å². The molecule has 1 N–H and O–H groups in total. The molecule has 0 bridgehead atoms. The lowest BCUT2D eigenvalue weighted by molar-refractivity contribution is 0.0940. The zero-order chi connectivity index (χ0) is 13.0. The Morgan fingerprint density at radius 3 is 2.56 bits per heavy atom. The number of benzene rings is 1. The van der Waals surface area contributed by atoms with Crippen LogP contribution in [0.3, 0.4) is 0 Å². The molecular formula is C15H17NOS. The fourth-order valence-electron chi connectivity index (χ4n) is 1.84. The second kappa shape index (κ2) is 5.83. The van der Waals surface area contributed by atoms with Crippen molar-refractivity contribution in [3.8, 4) is 0 Å². The minimum Gasteiger partial charge on any atom is -0.349 e. The van der Waals surface area contributed by atoms with Gasteiger partial charge in [0.15, 0.2) is 0 Å². The Labute approximate surface area is 112 Å². The van der Waals surface area contributed by atoms with Gasteiger partial charge in [0.2, 0.25) is 0 Å². The summed E-state index contributed by atoms with van der Waals surface area (Å²) in [6.07, 6.45) is 0.886. The quantitative estimate of drug-likeness (QED) is 0.895.